The van der Waals surface area contributed by atoms with Gasteiger partial charge in [-0.05, 0) is 31.1 Å². The van der Waals surface area contributed by atoms with Crippen molar-refractivity contribution in [1.29, 1.82) is 0 Å². The molecule has 0 amide bonds. The first-order chi connectivity index (χ1) is 27.3. The zero-order chi connectivity index (χ0) is 41.2. The maximum absolute atomic E-state index is 12.7. The standard InChI is InChI=1S/C50H96O6/c1-6-8-9-10-11-12-13-14-15-16-17-18-19-20-21-24-30-35-40-48(51)54-43-47(56-50(53)42-37-32-27-26-29-34-39-46(5)7-2)44-55-49(52)41-36-31-25-22-23-28-33-38-45(3)4/h45-47H,6-44H2,1-5H3/t46?,47-/m1/s1. The largest absolute Gasteiger partial charge is 0.462 e. The van der Waals surface area contributed by atoms with Crippen molar-refractivity contribution in [3.63, 3.8) is 0 Å². The normalized spacial score (nSPS) is 12.5. The molecule has 0 aliphatic heterocycles. The van der Waals surface area contributed by atoms with E-state index in [4.69, 9.17) is 14.2 Å². The molecule has 0 aliphatic rings. The molecule has 0 bridgehead atoms. The van der Waals surface area contributed by atoms with Crippen molar-refractivity contribution in [3.05, 3.63) is 0 Å². The number of esters is 3. The third-order valence-corrected chi connectivity index (χ3v) is 11.6. The van der Waals surface area contributed by atoms with Crippen LogP contribution >= 0.6 is 0 Å². The van der Waals surface area contributed by atoms with Gasteiger partial charge in [0.25, 0.3) is 0 Å². The minimum atomic E-state index is -0.762. The van der Waals surface area contributed by atoms with Crippen LogP contribution in [0.1, 0.15) is 272 Å². The Labute approximate surface area is 348 Å². The van der Waals surface area contributed by atoms with E-state index in [0.717, 1.165) is 69.6 Å². The molecule has 0 N–H and O–H groups in total. The molecule has 1 unspecified atom stereocenters. The molecule has 0 fully saturated rings. The van der Waals surface area contributed by atoms with E-state index in [9.17, 15) is 14.4 Å². The number of ether oxygens (including phenoxy) is 3. The van der Waals surface area contributed by atoms with Gasteiger partial charge in [0.05, 0.1) is 0 Å². The van der Waals surface area contributed by atoms with Gasteiger partial charge in [-0.1, -0.05) is 234 Å². The number of carbonyl (C=O) groups excluding carboxylic acids is 3. The summed E-state index contributed by atoms with van der Waals surface area (Å²) in [4.78, 5) is 37.8. The fourth-order valence-electron chi connectivity index (χ4n) is 7.43. The number of rotatable bonds is 44. The molecule has 56 heavy (non-hydrogen) atoms. The third-order valence-electron chi connectivity index (χ3n) is 11.6. The molecule has 332 valence electrons. The first kappa shape index (κ1) is 54.4. The van der Waals surface area contributed by atoms with E-state index in [1.54, 1.807) is 0 Å². The lowest BCUT2D eigenvalue weighted by Gasteiger charge is -2.18. The minimum absolute atomic E-state index is 0.0656. The Morgan fingerprint density at radius 1 is 0.375 bits per heavy atom. The van der Waals surface area contributed by atoms with E-state index in [2.05, 4.69) is 34.6 Å². The molecule has 2 atom stereocenters. The summed E-state index contributed by atoms with van der Waals surface area (Å²) in [5.74, 6) is 0.732. The smallest absolute Gasteiger partial charge is 0.306 e. The molecular weight excluding hydrogens is 697 g/mol. The number of carbonyl (C=O) groups is 3. The summed E-state index contributed by atoms with van der Waals surface area (Å²) in [5.41, 5.74) is 0. The van der Waals surface area contributed by atoms with E-state index < -0.39 is 6.10 Å². The number of hydrogen-bond donors (Lipinski definition) is 0. The lowest BCUT2D eigenvalue weighted by atomic mass is 10.00. The van der Waals surface area contributed by atoms with Gasteiger partial charge in [0.15, 0.2) is 6.10 Å². The van der Waals surface area contributed by atoms with Crippen molar-refractivity contribution < 1.29 is 28.6 Å². The summed E-state index contributed by atoms with van der Waals surface area (Å²) in [6.45, 7) is 11.3. The Morgan fingerprint density at radius 3 is 1.02 bits per heavy atom. The van der Waals surface area contributed by atoms with Gasteiger partial charge in [0.1, 0.15) is 13.2 Å². The summed E-state index contributed by atoms with van der Waals surface area (Å²) in [6, 6.07) is 0. The summed E-state index contributed by atoms with van der Waals surface area (Å²) in [7, 11) is 0. The van der Waals surface area contributed by atoms with Crippen molar-refractivity contribution in [3.8, 4) is 0 Å². The van der Waals surface area contributed by atoms with Crippen LogP contribution < -0.4 is 0 Å². The summed E-state index contributed by atoms with van der Waals surface area (Å²) in [5, 5.41) is 0. The highest BCUT2D eigenvalue weighted by atomic mass is 16.6. The van der Waals surface area contributed by atoms with Crippen LogP contribution in [-0.2, 0) is 28.6 Å². The van der Waals surface area contributed by atoms with Crippen LogP contribution in [0.2, 0.25) is 0 Å². The van der Waals surface area contributed by atoms with Crippen LogP contribution in [-0.4, -0.2) is 37.2 Å². The van der Waals surface area contributed by atoms with E-state index in [-0.39, 0.29) is 31.1 Å². The zero-order valence-corrected chi connectivity index (χ0v) is 38.3. The molecule has 0 saturated heterocycles. The first-order valence-electron chi connectivity index (χ1n) is 24.8. The Morgan fingerprint density at radius 2 is 0.679 bits per heavy atom. The van der Waals surface area contributed by atoms with E-state index in [0.29, 0.717) is 19.3 Å². The second-order valence-electron chi connectivity index (χ2n) is 17.8. The van der Waals surface area contributed by atoms with Gasteiger partial charge in [-0.2, -0.15) is 0 Å². The van der Waals surface area contributed by atoms with Crippen LogP contribution in [0.25, 0.3) is 0 Å². The SMILES string of the molecule is CCCCCCCCCCCCCCCCCCCCC(=O)OC[C@H](COC(=O)CCCCCCCCCC(C)C)OC(=O)CCCCCCCCC(C)CC. The van der Waals surface area contributed by atoms with Gasteiger partial charge in [0.2, 0.25) is 0 Å². The van der Waals surface area contributed by atoms with Gasteiger partial charge < -0.3 is 14.2 Å². The van der Waals surface area contributed by atoms with Crippen LogP contribution in [0.3, 0.4) is 0 Å². The fraction of sp³-hybridized carbons (Fsp3) is 0.940. The lowest BCUT2D eigenvalue weighted by Crippen LogP contribution is -2.30. The zero-order valence-electron chi connectivity index (χ0n) is 38.3. The topological polar surface area (TPSA) is 78.9 Å². The molecule has 0 rings (SSSR count). The van der Waals surface area contributed by atoms with Gasteiger partial charge in [-0.25, -0.2) is 0 Å². The van der Waals surface area contributed by atoms with Gasteiger partial charge in [0, 0.05) is 19.3 Å². The molecular formula is C50H96O6. The molecule has 0 radical (unpaired) electrons. The second kappa shape index (κ2) is 43.0. The number of hydrogen-bond acceptors (Lipinski definition) is 6. The second-order valence-corrected chi connectivity index (χ2v) is 17.8. The van der Waals surface area contributed by atoms with Gasteiger partial charge in [-0.15, -0.1) is 0 Å². The summed E-state index contributed by atoms with van der Waals surface area (Å²) >= 11 is 0. The average molecular weight is 793 g/mol. The highest BCUT2D eigenvalue weighted by Crippen LogP contribution is 2.17. The van der Waals surface area contributed by atoms with Crippen LogP contribution in [0.5, 0.6) is 0 Å². The van der Waals surface area contributed by atoms with Crippen LogP contribution in [0, 0.1) is 11.8 Å². The van der Waals surface area contributed by atoms with Crippen molar-refractivity contribution in [2.75, 3.05) is 13.2 Å². The molecule has 0 aromatic carbocycles. The first-order valence-corrected chi connectivity index (χ1v) is 24.8. The predicted octanol–water partition coefficient (Wildman–Crippen LogP) is 15.8. The minimum Gasteiger partial charge on any atom is -0.462 e. The molecule has 0 aromatic rings. The molecule has 0 saturated carbocycles. The summed E-state index contributed by atoms with van der Waals surface area (Å²) < 4.78 is 16.7. The Kier molecular flexibility index (Phi) is 41.8. The molecule has 0 aliphatic carbocycles. The quantitative estimate of drug-likeness (QED) is 0.0347. The Hall–Kier alpha value is -1.59. The van der Waals surface area contributed by atoms with Crippen molar-refractivity contribution in [1.82, 2.24) is 0 Å². The molecule has 0 aromatic heterocycles. The van der Waals surface area contributed by atoms with E-state index in [1.807, 2.05) is 0 Å². The third kappa shape index (κ3) is 42.0. The molecule has 0 spiro atoms. The summed E-state index contributed by atoms with van der Waals surface area (Å²) in [6.07, 6.45) is 42.5. The maximum atomic E-state index is 12.7. The van der Waals surface area contributed by atoms with E-state index >= 15 is 0 Å². The Balaban J connectivity index is 4.24. The Bertz CT molecular complexity index is 856. The predicted molar refractivity (Wildman–Crippen MR) is 238 cm³/mol. The van der Waals surface area contributed by atoms with Crippen molar-refractivity contribution in [2.24, 2.45) is 11.8 Å². The molecule has 0 heterocycles. The van der Waals surface area contributed by atoms with Gasteiger partial charge in [-0.3, -0.25) is 14.4 Å². The highest BCUT2D eigenvalue weighted by molar-refractivity contribution is 5.71. The molecule has 6 nitrogen and oxygen atoms in total. The monoisotopic (exact) mass is 793 g/mol. The highest BCUT2D eigenvalue weighted by Gasteiger charge is 2.19. The van der Waals surface area contributed by atoms with Crippen LogP contribution in [0.4, 0.5) is 0 Å². The number of unbranched alkanes of at least 4 members (excludes halogenated alkanes) is 28. The van der Waals surface area contributed by atoms with Crippen LogP contribution in [0.15, 0.2) is 0 Å². The van der Waals surface area contributed by atoms with E-state index in [1.165, 1.54) is 161 Å². The van der Waals surface area contributed by atoms with Gasteiger partial charge >= 0.3 is 17.9 Å². The van der Waals surface area contributed by atoms with Crippen molar-refractivity contribution >= 4 is 17.9 Å². The lowest BCUT2D eigenvalue weighted by molar-refractivity contribution is -0.167. The molecule has 6 heteroatoms. The fourth-order valence-corrected chi connectivity index (χ4v) is 7.43. The average Bonchev–Trinajstić information content (AvgIpc) is 3.18. The maximum Gasteiger partial charge on any atom is 0.306 e. The van der Waals surface area contributed by atoms with Crippen molar-refractivity contribution in [2.45, 2.75) is 278 Å².